The van der Waals surface area contributed by atoms with Crippen LogP contribution >= 0.6 is 11.6 Å². The fraction of sp³-hybridized carbons (Fsp3) is 0.179. The lowest BCUT2D eigenvalue weighted by molar-refractivity contribution is -0.137. The summed E-state index contributed by atoms with van der Waals surface area (Å²) >= 11 is 5.99. The van der Waals surface area contributed by atoms with E-state index in [0.29, 0.717) is 10.7 Å². The van der Waals surface area contributed by atoms with Crippen molar-refractivity contribution < 1.29 is 27.6 Å². The van der Waals surface area contributed by atoms with Gasteiger partial charge in [-0.1, -0.05) is 41.9 Å². The molecule has 1 N–H and O–H groups in total. The first-order valence-corrected chi connectivity index (χ1v) is 12.2. The minimum absolute atomic E-state index is 0.0578. The van der Waals surface area contributed by atoms with Gasteiger partial charge >= 0.3 is 6.18 Å². The number of nitrogens with one attached hydrogen (secondary N) is 1. The lowest BCUT2D eigenvalue weighted by Crippen LogP contribution is -2.46. The minimum atomic E-state index is -4.59. The molecule has 0 radical (unpaired) electrons. The van der Waals surface area contributed by atoms with Crippen molar-refractivity contribution in [1.82, 2.24) is 4.90 Å². The van der Waals surface area contributed by atoms with Crippen LogP contribution in [0.5, 0.6) is 0 Å². The number of amides is 3. The Bertz CT molecular complexity index is 1500. The number of nitrogens with zero attached hydrogens (tertiary/aromatic N) is 2. The predicted molar refractivity (Wildman–Crippen MR) is 135 cm³/mol. The predicted octanol–water partition coefficient (Wildman–Crippen LogP) is 5.51. The summed E-state index contributed by atoms with van der Waals surface area (Å²) in [4.78, 5) is 44.0. The molecule has 3 heterocycles. The van der Waals surface area contributed by atoms with Gasteiger partial charge in [-0.3, -0.25) is 14.4 Å². The number of hydrogen-bond acceptors (Lipinski definition) is 4. The summed E-state index contributed by atoms with van der Waals surface area (Å²) in [5, 5.41) is 2.98. The van der Waals surface area contributed by atoms with E-state index in [1.165, 1.54) is 12.1 Å². The zero-order chi connectivity index (χ0) is 26.8. The van der Waals surface area contributed by atoms with Gasteiger partial charge in [-0.2, -0.15) is 13.2 Å². The fourth-order valence-corrected chi connectivity index (χ4v) is 5.82. The highest BCUT2D eigenvalue weighted by atomic mass is 35.5. The molecule has 0 spiro atoms. The number of fused-ring (bicyclic) bond motifs is 5. The molecule has 3 aliphatic heterocycles. The van der Waals surface area contributed by atoms with E-state index in [0.717, 1.165) is 28.2 Å². The van der Waals surface area contributed by atoms with E-state index in [1.807, 2.05) is 24.3 Å². The second-order valence-corrected chi connectivity index (χ2v) is 9.83. The monoisotopic (exact) mass is 537 g/mol. The summed E-state index contributed by atoms with van der Waals surface area (Å²) in [6.07, 6.45) is -1.12. The normalized spacial score (nSPS) is 23.8. The molecule has 0 aromatic heterocycles. The lowest BCUT2D eigenvalue weighted by atomic mass is 9.84. The molecule has 6 nitrogen and oxygen atoms in total. The van der Waals surface area contributed by atoms with Gasteiger partial charge in [0.1, 0.15) is 6.04 Å². The first-order chi connectivity index (χ1) is 18.1. The average Bonchev–Trinajstić information content (AvgIpc) is 3.37. The molecule has 3 aromatic rings. The van der Waals surface area contributed by atoms with Gasteiger partial charge in [0.25, 0.3) is 0 Å². The standard InChI is InChI=1S/C28H19ClF3N3O3/c29-17-8-10-19(11-9-17)35-26(37)21-22(27(35)38)24(34-13-12-15-4-1-2-7-20(15)23(21)34)25(36)33-18-6-3-5-16(14-18)28(30,31)32/h1-14,21-24H,(H,33,36)/t21-,22+,23+,24-/m0/s1. The molecule has 2 saturated heterocycles. The Labute approximate surface area is 220 Å². The van der Waals surface area contributed by atoms with E-state index >= 15 is 0 Å². The largest absolute Gasteiger partial charge is 0.416 e. The minimum Gasteiger partial charge on any atom is -0.357 e. The Kier molecular flexibility index (Phi) is 5.57. The number of carbonyl (C=O) groups excluding carboxylic acids is 3. The Morgan fingerprint density at radius 1 is 0.895 bits per heavy atom. The molecule has 0 unspecified atom stereocenters. The fourth-order valence-electron chi connectivity index (χ4n) is 5.69. The van der Waals surface area contributed by atoms with Crippen LogP contribution in [0.4, 0.5) is 24.5 Å². The molecule has 0 saturated carbocycles. The molecular formula is C28H19ClF3N3O3. The average molecular weight is 538 g/mol. The second-order valence-electron chi connectivity index (χ2n) is 9.39. The maximum Gasteiger partial charge on any atom is 0.416 e. The molecule has 4 atom stereocenters. The highest BCUT2D eigenvalue weighted by Crippen LogP contribution is 2.53. The number of rotatable bonds is 3. The third-order valence-corrected chi connectivity index (χ3v) is 7.52. The topological polar surface area (TPSA) is 69.7 Å². The summed E-state index contributed by atoms with van der Waals surface area (Å²) in [7, 11) is 0. The van der Waals surface area contributed by atoms with Crippen molar-refractivity contribution in [2.75, 3.05) is 10.2 Å². The van der Waals surface area contributed by atoms with Crippen LogP contribution in [0.3, 0.4) is 0 Å². The van der Waals surface area contributed by atoms with Crippen LogP contribution in [0.2, 0.25) is 5.02 Å². The van der Waals surface area contributed by atoms with Gasteiger partial charge in [-0.15, -0.1) is 0 Å². The Hall–Kier alpha value is -4.11. The quantitative estimate of drug-likeness (QED) is 0.447. The number of halogens is 4. The summed E-state index contributed by atoms with van der Waals surface area (Å²) in [6.45, 7) is 0. The van der Waals surface area contributed by atoms with Gasteiger partial charge in [0.15, 0.2) is 0 Å². The summed E-state index contributed by atoms with van der Waals surface area (Å²) in [6, 6.07) is 16.2. The zero-order valence-corrected chi connectivity index (χ0v) is 20.3. The van der Waals surface area contributed by atoms with Crippen molar-refractivity contribution in [3.8, 4) is 0 Å². The van der Waals surface area contributed by atoms with Gasteiger partial charge in [0.05, 0.1) is 29.1 Å². The van der Waals surface area contributed by atoms with Gasteiger partial charge in [0.2, 0.25) is 17.7 Å². The number of benzene rings is 3. The first kappa shape index (κ1) is 24.2. The van der Waals surface area contributed by atoms with Gasteiger partial charge < -0.3 is 10.2 Å². The van der Waals surface area contributed by atoms with E-state index in [1.54, 1.807) is 41.4 Å². The van der Waals surface area contributed by atoms with Gasteiger partial charge in [-0.05, 0) is 59.7 Å². The van der Waals surface area contributed by atoms with Crippen molar-refractivity contribution in [2.45, 2.75) is 18.3 Å². The SMILES string of the molecule is O=C(Nc1cccc(C(F)(F)F)c1)[C@@H]1[C@@H]2C(=O)N(c3ccc(Cl)cc3)C(=O)[C@@H]2[C@H]2c3ccccc3C=CN12. The molecule has 2 fully saturated rings. The van der Waals surface area contributed by atoms with Crippen LogP contribution in [0, 0.1) is 11.8 Å². The maximum atomic E-state index is 13.8. The van der Waals surface area contributed by atoms with Crippen LogP contribution in [-0.4, -0.2) is 28.7 Å². The Morgan fingerprint density at radius 3 is 2.34 bits per heavy atom. The highest BCUT2D eigenvalue weighted by molar-refractivity contribution is 6.31. The molecule has 3 aromatic carbocycles. The zero-order valence-electron chi connectivity index (χ0n) is 19.5. The van der Waals surface area contributed by atoms with E-state index in [4.69, 9.17) is 11.6 Å². The lowest BCUT2D eigenvalue weighted by Gasteiger charge is -2.35. The third-order valence-electron chi connectivity index (χ3n) is 7.27. The second kappa shape index (κ2) is 8.73. The molecule has 3 aliphatic rings. The molecule has 10 heteroatoms. The van der Waals surface area contributed by atoms with E-state index in [2.05, 4.69) is 5.32 Å². The molecular weight excluding hydrogens is 519 g/mol. The molecule has 38 heavy (non-hydrogen) atoms. The number of hydrogen-bond donors (Lipinski definition) is 1. The van der Waals surface area contributed by atoms with Crippen LogP contribution in [-0.2, 0) is 20.6 Å². The summed E-state index contributed by atoms with van der Waals surface area (Å²) < 4.78 is 39.7. The highest BCUT2D eigenvalue weighted by Gasteiger charge is 2.64. The maximum absolute atomic E-state index is 13.8. The van der Waals surface area contributed by atoms with Crippen LogP contribution in [0.1, 0.15) is 22.7 Å². The molecule has 0 aliphatic carbocycles. The van der Waals surface area contributed by atoms with Crippen molar-refractivity contribution >= 4 is 46.8 Å². The molecule has 0 bridgehead atoms. The number of alkyl halides is 3. The van der Waals surface area contributed by atoms with Gasteiger partial charge in [-0.25, -0.2) is 4.90 Å². The molecule has 3 amide bonds. The summed E-state index contributed by atoms with van der Waals surface area (Å²) in [5.74, 6) is -3.60. The van der Waals surface area contributed by atoms with E-state index in [9.17, 15) is 27.6 Å². The molecule has 192 valence electrons. The van der Waals surface area contributed by atoms with E-state index < -0.39 is 53.4 Å². The first-order valence-electron chi connectivity index (χ1n) is 11.8. The summed E-state index contributed by atoms with van der Waals surface area (Å²) in [5.41, 5.74) is 1.01. The number of imide groups is 1. The Balaban J connectivity index is 1.41. The molecule has 6 rings (SSSR count). The van der Waals surface area contributed by atoms with Crippen LogP contribution < -0.4 is 10.2 Å². The van der Waals surface area contributed by atoms with E-state index in [-0.39, 0.29) is 5.69 Å². The van der Waals surface area contributed by atoms with Crippen molar-refractivity contribution in [1.29, 1.82) is 0 Å². The van der Waals surface area contributed by atoms with Crippen molar-refractivity contribution in [3.63, 3.8) is 0 Å². The Morgan fingerprint density at radius 2 is 1.61 bits per heavy atom. The number of anilines is 2. The van der Waals surface area contributed by atoms with Gasteiger partial charge in [0, 0.05) is 16.9 Å². The smallest absolute Gasteiger partial charge is 0.357 e. The van der Waals surface area contributed by atoms with Crippen LogP contribution in [0.25, 0.3) is 6.08 Å². The van der Waals surface area contributed by atoms with Crippen molar-refractivity contribution in [3.05, 3.63) is 101 Å². The van der Waals surface area contributed by atoms with Crippen LogP contribution in [0.15, 0.2) is 79.0 Å². The number of carbonyl (C=O) groups is 3. The third kappa shape index (κ3) is 3.77. The van der Waals surface area contributed by atoms with Crippen molar-refractivity contribution in [2.24, 2.45) is 11.8 Å².